The number of nitrogens with zero attached hydrogens (tertiary/aromatic N) is 2. The molecule has 3 aromatic rings. The van der Waals surface area contributed by atoms with E-state index in [-0.39, 0.29) is 0 Å². The average Bonchev–Trinajstić information content (AvgIpc) is 3.16. The summed E-state index contributed by atoms with van der Waals surface area (Å²) < 4.78 is 21.1. The minimum atomic E-state index is -3.23. The zero-order chi connectivity index (χ0) is 22.1. The molecule has 0 aliphatic carbocycles. The summed E-state index contributed by atoms with van der Waals surface area (Å²) in [6.07, 6.45) is 1.05. The van der Waals surface area contributed by atoms with E-state index in [0.29, 0.717) is 24.5 Å². The van der Waals surface area contributed by atoms with Gasteiger partial charge in [0, 0.05) is 24.5 Å². The summed E-state index contributed by atoms with van der Waals surface area (Å²) in [4.78, 5) is 32.0. The van der Waals surface area contributed by atoms with E-state index in [1.54, 1.807) is 24.5 Å². The molecule has 0 spiro atoms. The monoisotopic (exact) mass is 418 g/mol. The van der Waals surface area contributed by atoms with Gasteiger partial charge in [-0.2, -0.15) is 8.78 Å². The number of carbonyl (C=O) groups is 2. The van der Waals surface area contributed by atoms with Crippen LogP contribution in [0, 0.1) is 0 Å². The van der Waals surface area contributed by atoms with Gasteiger partial charge in [0.2, 0.25) is 0 Å². The third-order valence-corrected chi connectivity index (χ3v) is 3.99. The maximum Gasteiger partial charge on any atom is 0.371 e. The third-order valence-electron chi connectivity index (χ3n) is 3.99. The number of hydrogen-bond acceptors (Lipinski definition) is 5. The van der Waals surface area contributed by atoms with Crippen LogP contribution in [0.25, 0.3) is 0 Å². The Morgan fingerprint density at radius 1 is 0.967 bits per heavy atom. The highest BCUT2D eigenvalue weighted by Crippen LogP contribution is 2.20. The second kappa shape index (κ2) is 10.6. The van der Waals surface area contributed by atoms with Crippen LogP contribution in [-0.2, 0) is 22.4 Å². The summed E-state index contributed by atoms with van der Waals surface area (Å²) in [5.74, 6) is -2.89. The number of alkyl halides is 2. The fourth-order valence-electron chi connectivity index (χ4n) is 2.55. The van der Waals surface area contributed by atoms with Gasteiger partial charge in [-0.15, -0.1) is 0 Å². The Hall–Kier alpha value is -3.82. The van der Waals surface area contributed by atoms with Crippen LogP contribution >= 0.6 is 0 Å². The number of nitrogens with two attached hydrogens (primary N) is 1. The molecular formula is C20H20F2N4O4. The van der Waals surface area contributed by atoms with Crippen molar-refractivity contribution in [1.82, 2.24) is 15.0 Å². The second-order valence-corrected chi connectivity index (χ2v) is 6.28. The summed E-state index contributed by atoms with van der Waals surface area (Å²) >= 11 is 0. The Kier molecular flexibility index (Phi) is 7.98. The summed E-state index contributed by atoms with van der Waals surface area (Å²) in [6, 6.07) is 13.4. The van der Waals surface area contributed by atoms with Gasteiger partial charge in [-0.25, -0.2) is 14.8 Å². The number of aromatic amines is 1. The molecule has 5 N–H and O–H groups in total. The van der Waals surface area contributed by atoms with Crippen LogP contribution < -0.4 is 5.73 Å². The number of aromatic nitrogens is 3. The van der Waals surface area contributed by atoms with Gasteiger partial charge in [-0.05, 0) is 23.6 Å². The number of benzene rings is 1. The summed E-state index contributed by atoms with van der Waals surface area (Å²) in [5.41, 5.74) is 8.39. The maximum atomic E-state index is 11.6. The highest BCUT2D eigenvalue weighted by atomic mass is 19.3. The van der Waals surface area contributed by atoms with Crippen LogP contribution in [0.4, 0.5) is 14.6 Å². The van der Waals surface area contributed by atoms with Crippen molar-refractivity contribution < 1.29 is 28.6 Å². The molecule has 3 rings (SSSR count). The van der Waals surface area contributed by atoms with Gasteiger partial charge >= 0.3 is 18.4 Å². The van der Waals surface area contributed by atoms with Crippen LogP contribution in [0.2, 0.25) is 0 Å². The number of pyridine rings is 1. The molecule has 0 saturated carbocycles. The van der Waals surface area contributed by atoms with Gasteiger partial charge in [-0.3, -0.25) is 4.79 Å². The number of imidazole rings is 1. The van der Waals surface area contributed by atoms with E-state index in [0.717, 1.165) is 16.8 Å². The molecule has 2 heterocycles. The van der Waals surface area contributed by atoms with E-state index in [4.69, 9.17) is 15.6 Å². The van der Waals surface area contributed by atoms with E-state index in [1.165, 1.54) is 0 Å². The van der Waals surface area contributed by atoms with Gasteiger partial charge in [0.1, 0.15) is 17.6 Å². The SMILES string of the molecule is Nc1ccc(CC(C(=O)O)c2ncc(Cc3ccccc3)[nH]2)cn1.O=C(O)C(F)F. The highest BCUT2D eigenvalue weighted by Gasteiger charge is 2.23. The fourth-order valence-corrected chi connectivity index (χ4v) is 2.55. The Bertz CT molecular complexity index is 962. The van der Waals surface area contributed by atoms with Gasteiger partial charge in [-0.1, -0.05) is 36.4 Å². The Morgan fingerprint density at radius 2 is 1.63 bits per heavy atom. The van der Waals surface area contributed by atoms with Crippen molar-refractivity contribution in [3.63, 3.8) is 0 Å². The molecule has 0 amide bonds. The number of carboxylic acids is 2. The summed E-state index contributed by atoms with van der Waals surface area (Å²) in [5, 5.41) is 16.8. The topological polar surface area (TPSA) is 142 Å². The third kappa shape index (κ3) is 6.97. The lowest BCUT2D eigenvalue weighted by atomic mass is 10.00. The smallest absolute Gasteiger partial charge is 0.371 e. The number of aliphatic carboxylic acids is 2. The Labute approximate surface area is 170 Å². The molecule has 1 atom stereocenters. The highest BCUT2D eigenvalue weighted by molar-refractivity contribution is 5.75. The average molecular weight is 418 g/mol. The van der Waals surface area contributed by atoms with Gasteiger partial charge in [0.25, 0.3) is 0 Å². The van der Waals surface area contributed by atoms with E-state index in [1.807, 2.05) is 30.3 Å². The van der Waals surface area contributed by atoms with Crippen LogP contribution in [0.15, 0.2) is 54.9 Å². The number of halogens is 2. The van der Waals surface area contributed by atoms with E-state index >= 15 is 0 Å². The molecule has 0 aliphatic rings. The van der Waals surface area contributed by atoms with Crippen molar-refractivity contribution in [3.05, 3.63) is 77.5 Å². The molecule has 8 nitrogen and oxygen atoms in total. The Morgan fingerprint density at radius 3 is 2.17 bits per heavy atom. The normalized spacial score (nSPS) is 11.4. The number of carboxylic acid groups (broad SMARTS) is 2. The molecular weight excluding hydrogens is 398 g/mol. The number of hydrogen-bond donors (Lipinski definition) is 4. The molecule has 0 radical (unpaired) electrons. The second-order valence-electron chi connectivity index (χ2n) is 6.28. The minimum absolute atomic E-state index is 0.306. The number of nitrogen functional groups attached to an aromatic ring is 1. The number of H-pyrrole nitrogens is 1. The Balaban J connectivity index is 0.000000469. The molecule has 0 bridgehead atoms. The van der Waals surface area contributed by atoms with Crippen LogP contribution in [0.1, 0.15) is 28.6 Å². The molecule has 158 valence electrons. The van der Waals surface area contributed by atoms with Gasteiger partial charge in [0.15, 0.2) is 0 Å². The predicted molar refractivity (Wildman–Crippen MR) is 104 cm³/mol. The lowest BCUT2D eigenvalue weighted by molar-refractivity contribution is -0.149. The largest absolute Gasteiger partial charge is 0.481 e. The molecule has 0 fully saturated rings. The van der Waals surface area contributed by atoms with E-state index in [2.05, 4.69) is 15.0 Å². The first kappa shape index (κ1) is 22.5. The van der Waals surface area contributed by atoms with Crippen molar-refractivity contribution in [3.8, 4) is 0 Å². The number of rotatable bonds is 7. The molecule has 2 aromatic heterocycles. The maximum absolute atomic E-state index is 11.6. The lowest BCUT2D eigenvalue weighted by Crippen LogP contribution is -2.16. The number of anilines is 1. The molecule has 1 unspecified atom stereocenters. The van der Waals surface area contributed by atoms with Crippen molar-refractivity contribution >= 4 is 17.8 Å². The van der Waals surface area contributed by atoms with Crippen molar-refractivity contribution in [1.29, 1.82) is 0 Å². The fraction of sp³-hybridized carbons (Fsp3) is 0.200. The number of nitrogens with one attached hydrogen (secondary N) is 1. The first-order chi connectivity index (χ1) is 14.3. The summed E-state index contributed by atoms with van der Waals surface area (Å²) in [7, 11) is 0. The predicted octanol–water partition coefficient (Wildman–Crippen LogP) is 2.72. The molecule has 0 saturated heterocycles. The van der Waals surface area contributed by atoms with Crippen molar-refractivity contribution in [2.24, 2.45) is 0 Å². The van der Waals surface area contributed by atoms with Crippen molar-refractivity contribution in [2.45, 2.75) is 25.2 Å². The first-order valence-electron chi connectivity index (χ1n) is 8.78. The lowest BCUT2D eigenvalue weighted by Gasteiger charge is -2.10. The molecule has 1 aromatic carbocycles. The van der Waals surface area contributed by atoms with E-state index < -0.39 is 24.3 Å². The quantitative estimate of drug-likeness (QED) is 0.462. The van der Waals surface area contributed by atoms with Crippen LogP contribution in [0.3, 0.4) is 0 Å². The molecule has 0 aliphatic heterocycles. The molecule has 10 heteroatoms. The summed E-state index contributed by atoms with van der Waals surface area (Å²) in [6.45, 7) is 0. The molecule has 30 heavy (non-hydrogen) atoms. The zero-order valence-corrected chi connectivity index (χ0v) is 15.7. The van der Waals surface area contributed by atoms with Crippen molar-refractivity contribution in [2.75, 3.05) is 5.73 Å². The standard InChI is InChI=1S/C18H18N4O2.C2H2F2O2/c19-16-7-6-13(10-20-16)9-15(18(23)24)17-21-11-14(22-17)8-12-4-2-1-3-5-12;3-1(4)2(5)6/h1-7,10-11,15H,8-9H2,(H2,19,20)(H,21,22)(H,23,24);1H,(H,5,6). The zero-order valence-electron chi connectivity index (χ0n) is 15.7. The van der Waals surface area contributed by atoms with Gasteiger partial charge < -0.3 is 20.9 Å². The minimum Gasteiger partial charge on any atom is -0.481 e. The van der Waals surface area contributed by atoms with Crippen LogP contribution in [-0.4, -0.2) is 43.5 Å². The van der Waals surface area contributed by atoms with Gasteiger partial charge in [0.05, 0.1) is 0 Å². The van der Waals surface area contributed by atoms with Crippen LogP contribution in [0.5, 0.6) is 0 Å². The van der Waals surface area contributed by atoms with E-state index in [9.17, 15) is 18.7 Å². The first-order valence-corrected chi connectivity index (χ1v) is 8.78.